The molecule has 1 aromatic carbocycles. The van der Waals surface area contributed by atoms with Gasteiger partial charge >= 0.3 is 0 Å². The van der Waals surface area contributed by atoms with Crippen LogP contribution in [0.25, 0.3) is 0 Å². The first-order valence-electron chi connectivity index (χ1n) is 9.52. The van der Waals surface area contributed by atoms with Gasteiger partial charge in [-0.2, -0.15) is 0 Å². The van der Waals surface area contributed by atoms with E-state index in [1.807, 2.05) is 19.1 Å². The maximum absolute atomic E-state index is 12.3. The molecule has 0 unspecified atom stereocenters. The van der Waals surface area contributed by atoms with E-state index in [1.165, 1.54) is 12.5 Å². The fraction of sp³-hybridized carbons (Fsp3) is 0.429. The summed E-state index contributed by atoms with van der Waals surface area (Å²) < 4.78 is 10.7. The molecule has 0 saturated carbocycles. The van der Waals surface area contributed by atoms with Gasteiger partial charge in [-0.1, -0.05) is 11.6 Å². The first-order chi connectivity index (χ1) is 13.5. The Balaban J connectivity index is 1.33. The Labute approximate surface area is 169 Å². The third-order valence-electron chi connectivity index (χ3n) is 4.86. The molecule has 6 nitrogen and oxygen atoms in total. The zero-order chi connectivity index (χ0) is 19.9. The average Bonchev–Trinajstić information content (AvgIpc) is 3.21. The maximum atomic E-state index is 12.3. The number of aryl methyl sites for hydroxylation is 1. The van der Waals surface area contributed by atoms with E-state index in [0.717, 1.165) is 24.2 Å². The highest BCUT2D eigenvalue weighted by Crippen LogP contribution is 2.22. The fourth-order valence-electron chi connectivity index (χ4n) is 3.29. The molecule has 0 atom stereocenters. The minimum Gasteiger partial charge on any atom is -0.493 e. The first-order valence-corrected chi connectivity index (χ1v) is 9.90. The van der Waals surface area contributed by atoms with Gasteiger partial charge in [-0.3, -0.25) is 9.59 Å². The van der Waals surface area contributed by atoms with Crippen molar-refractivity contribution in [3.05, 3.63) is 52.9 Å². The summed E-state index contributed by atoms with van der Waals surface area (Å²) in [5.41, 5.74) is 1.55. The second-order valence-corrected chi connectivity index (χ2v) is 7.44. The Kier molecular flexibility index (Phi) is 6.98. The van der Waals surface area contributed by atoms with Crippen molar-refractivity contribution < 1.29 is 18.7 Å². The minimum atomic E-state index is -0.0202. The van der Waals surface area contributed by atoms with Crippen LogP contribution in [0.1, 0.15) is 41.6 Å². The summed E-state index contributed by atoms with van der Waals surface area (Å²) in [6.45, 7) is 3.69. The van der Waals surface area contributed by atoms with Crippen LogP contribution in [0.4, 0.5) is 0 Å². The summed E-state index contributed by atoms with van der Waals surface area (Å²) in [7, 11) is 0. The molecule has 28 heavy (non-hydrogen) atoms. The number of carbonyl (C=O) groups is 2. The van der Waals surface area contributed by atoms with Gasteiger partial charge in [0.2, 0.25) is 5.91 Å². The quantitative estimate of drug-likeness (QED) is 0.712. The van der Waals surface area contributed by atoms with Crippen LogP contribution in [-0.4, -0.2) is 42.5 Å². The number of hydrogen-bond acceptors (Lipinski definition) is 4. The van der Waals surface area contributed by atoms with Crippen molar-refractivity contribution in [3.63, 3.8) is 0 Å². The summed E-state index contributed by atoms with van der Waals surface area (Å²) in [4.78, 5) is 26.2. The number of halogens is 1. The second-order valence-electron chi connectivity index (χ2n) is 7.01. The number of piperidine rings is 1. The summed E-state index contributed by atoms with van der Waals surface area (Å²) >= 11 is 5.93. The maximum Gasteiger partial charge on any atom is 0.257 e. The number of nitrogens with one attached hydrogen (secondary N) is 1. The van der Waals surface area contributed by atoms with Gasteiger partial charge in [-0.05, 0) is 56.0 Å². The number of nitrogens with zero attached hydrogens (tertiary/aromatic N) is 1. The molecule has 0 bridgehead atoms. The van der Waals surface area contributed by atoms with Gasteiger partial charge in [-0.25, -0.2) is 0 Å². The molecule has 1 aromatic heterocycles. The zero-order valence-electron chi connectivity index (χ0n) is 15.9. The summed E-state index contributed by atoms with van der Waals surface area (Å²) in [5, 5.41) is 3.74. The molecule has 3 rings (SSSR count). The lowest BCUT2D eigenvalue weighted by Crippen LogP contribution is -2.46. The molecule has 7 heteroatoms. The molecule has 1 aliphatic rings. The normalized spacial score (nSPS) is 14.7. The molecule has 0 aliphatic carbocycles. The average molecular weight is 405 g/mol. The van der Waals surface area contributed by atoms with Crippen molar-refractivity contribution >= 4 is 23.4 Å². The highest BCUT2D eigenvalue weighted by atomic mass is 35.5. The van der Waals surface area contributed by atoms with Crippen LogP contribution in [-0.2, 0) is 4.79 Å². The van der Waals surface area contributed by atoms with Gasteiger partial charge in [0, 0.05) is 30.6 Å². The Morgan fingerprint density at radius 2 is 2.07 bits per heavy atom. The van der Waals surface area contributed by atoms with E-state index in [2.05, 4.69) is 5.32 Å². The Bertz CT molecular complexity index is 799. The molecule has 1 aliphatic heterocycles. The fourth-order valence-corrected chi connectivity index (χ4v) is 3.51. The lowest BCUT2D eigenvalue weighted by molar-refractivity contribution is -0.122. The van der Waals surface area contributed by atoms with Crippen LogP contribution < -0.4 is 10.1 Å². The number of amides is 2. The molecule has 2 aromatic rings. The monoisotopic (exact) mass is 404 g/mol. The van der Waals surface area contributed by atoms with E-state index in [0.29, 0.717) is 43.1 Å². The van der Waals surface area contributed by atoms with E-state index in [-0.39, 0.29) is 17.9 Å². The number of rotatable bonds is 7. The van der Waals surface area contributed by atoms with Gasteiger partial charge in [0.15, 0.2) is 0 Å². The standard InChI is InChI=1S/C21H25ClN2O4/c1-15-13-17(22)4-5-19(15)28-11-2-3-20(25)23-18-6-9-24(10-7-18)21(26)16-8-12-27-14-16/h4-5,8,12-14,18H,2-3,6-7,9-11H2,1H3,(H,23,25). The Morgan fingerprint density at radius 3 is 2.75 bits per heavy atom. The molecule has 2 amide bonds. The smallest absolute Gasteiger partial charge is 0.257 e. The predicted molar refractivity (Wildman–Crippen MR) is 107 cm³/mol. The highest BCUT2D eigenvalue weighted by Gasteiger charge is 2.24. The number of hydrogen-bond donors (Lipinski definition) is 1. The third-order valence-corrected chi connectivity index (χ3v) is 5.09. The Morgan fingerprint density at radius 1 is 1.29 bits per heavy atom. The predicted octanol–water partition coefficient (Wildman–Crippen LogP) is 3.82. The topological polar surface area (TPSA) is 71.8 Å². The summed E-state index contributed by atoms with van der Waals surface area (Å²) in [6.07, 6.45) is 5.54. The summed E-state index contributed by atoms with van der Waals surface area (Å²) in [6, 6.07) is 7.27. The number of benzene rings is 1. The lowest BCUT2D eigenvalue weighted by atomic mass is 10.0. The number of furan rings is 1. The SMILES string of the molecule is Cc1cc(Cl)ccc1OCCCC(=O)NC1CCN(C(=O)c2ccoc2)CC1. The number of likely N-dealkylation sites (tertiary alicyclic amines) is 1. The summed E-state index contributed by atoms with van der Waals surface area (Å²) in [5.74, 6) is 0.795. The second kappa shape index (κ2) is 9.64. The van der Waals surface area contributed by atoms with Crippen LogP contribution in [0.3, 0.4) is 0 Å². The van der Waals surface area contributed by atoms with Crippen molar-refractivity contribution in [2.75, 3.05) is 19.7 Å². The molecule has 1 N–H and O–H groups in total. The molecular formula is C21H25ClN2O4. The highest BCUT2D eigenvalue weighted by molar-refractivity contribution is 6.30. The van der Waals surface area contributed by atoms with Crippen LogP contribution in [0.5, 0.6) is 5.75 Å². The number of ether oxygens (including phenoxy) is 1. The lowest BCUT2D eigenvalue weighted by Gasteiger charge is -2.32. The molecule has 0 radical (unpaired) electrons. The molecular weight excluding hydrogens is 380 g/mol. The van der Waals surface area contributed by atoms with Crippen LogP contribution in [0.15, 0.2) is 41.2 Å². The molecule has 1 fully saturated rings. The van der Waals surface area contributed by atoms with Gasteiger partial charge in [0.1, 0.15) is 12.0 Å². The minimum absolute atomic E-state index is 0.0202. The third kappa shape index (κ3) is 5.52. The Hall–Kier alpha value is -2.47. The van der Waals surface area contributed by atoms with E-state index < -0.39 is 0 Å². The van der Waals surface area contributed by atoms with Crippen molar-refractivity contribution in [1.82, 2.24) is 10.2 Å². The van der Waals surface area contributed by atoms with E-state index >= 15 is 0 Å². The van der Waals surface area contributed by atoms with Crippen molar-refractivity contribution in [1.29, 1.82) is 0 Å². The van der Waals surface area contributed by atoms with Crippen molar-refractivity contribution in [3.8, 4) is 5.75 Å². The van der Waals surface area contributed by atoms with Gasteiger partial charge in [0.25, 0.3) is 5.91 Å². The van der Waals surface area contributed by atoms with Crippen molar-refractivity contribution in [2.24, 2.45) is 0 Å². The van der Waals surface area contributed by atoms with Crippen LogP contribution in [0.2, 0.25) is 5.02 Å². The van der Waals surface area contributed by atoms with Gasteiger partial charge in [0.05, 0.1) is 18.4 Å². The van der Waals surface area contributed by atoms with E-state index in [9.17, 15) is 9.59 Å². The zero-order valence-corrected chi connectivity index (χ0v) is 16.7. The van der Waals surface area contributed by atoms with Gasteiger partial charge < -0.3 is 19.4 Å². The molecule has 1 saturated heterocycles. The first kappa shape index (κ1) is 20.3. The molecule has 2 heterocycles. The van der Waals surface area contributed by atoms with Crippen LogP contribution in [0, 0.1) is 6.92 Å². The molecule has 150 valence electrons. The van der Waals surface area contributed by atoms with E-state index in [1.54, 1.807) is 17.0 Å². The van der Waals surface area contributed by atoms with Crippen LogP contribution >= 0.6 is 11.6 Å². The van der Waals surface area contributed by atoms with E-state index in [4.69, 9.17) is 20.8 Å². The van der Waals surface area contributed by atoms with Gasteiger partial charge in [-0.15, -0.1) is 0 Å². The number of carbonyl (C=O) groups excluding carboxylic acids is 2. The largest absolute Gasteiger partial charge is 0.493 e. The van der Waals surface area contributed by atoms with Crippen molar-refractivity contribution in [2.45, 2.75) is 38.6 Å². The molecule has 0 spiro atoms.